The molecule has 0 aromatic heterocycles. The van der Waals surface area contributed by atoms with Crippen LogP contribution in [0.4, 0.5) is 0 Å². The zero-order valence-corrected chi connectivity index (χ0v) is 7.89. The van der Waals surface area contributed by atoms with Crippen LogP contribution in [0.15, 0.2) is 24.3 Å². The van der Waals surface area contributed by atoms with Crippen LogP contribution in [0.5, 0.6) is 0 Å². The first-order valence-electron chi connectivity index (χ1n) is 4.55. The Hall–Kier alpha value is -0.560. The van der Waals surface area contributed by atoms with Crippen LogP contribution in [0, 0.1) is 5.92 Å². The largest absolute Gasteiger partial charge is 0.362 e. The first-order chi connectivity index (χ1) is 5.54. The highest BCUT2D eigenvalue weighted by molar-refractivity contribution is 5.29. The van der Waals surface area contributed by atoms with Crippen molar-refractivity contribution in [3.05, 3.63) is 24.3 Å². The smallest absolute Gasteiger partial charge is 0.113 e. The molecule has 1 heterocycles. The summed E-state index contributed by atoms with van der Waals surface area (Å²) in [4.78, 5) is 0. The second kappa shape index (κ2) is 2.23. The molecular weight excluding hydrogens is 148 g/mol. The van der Waals surface area contributed by atoms with Crippen molar-refractivity contribution in [2.45, 2.75) is 38.4 Å². The first kappa shape index (κ1) is 8.06. The van der Waals surface area contributed by atoms with Gasteiger partial charge in [-0.15, -0.1) is 0 Å². The van der Waals surface area contributed by atoms with Gasteiger partial charge in [-0.3, -0.25) is 0 Å². The molecule has 0 radical (unpaired) electrons. The monoisotopic (exact) mass is 164 g/mol. The molecule has 66 valence electrons. The van der Waals surface area contributed by atoms with Crippen LogP contribution < -0.4 is 0 Å². The van der Waals surface area contributed by atoms with E-state index in [0.29, 0.717) is 12.0 Å². The third-order valence-corrected chi connectivity index (χ3v) is 3.33. The number of hydrogen-bond acceptors (Lipinski definition) is 1. The van der Waals surface area contributed by atoms with Crippen LogP contribution >= 0.6 is 0 Å². The topological polar surface area (TPSA) is 12.5 Å². The van der Waals surface area contributed by atoms with Crippen LogP contribution in [0.2, 0.25) is 0 Å². The molecule has 1 saturated heterocycles. The number of ether oxygens (including phenoxy) is 1. The van der Waals surface area contributed by atoms with Crippen molar-refractivity contribution in [2.24, 2.45) is 5.92 Å². The lowest BCUT2D eigenvalue weighted by molar-refractivity contribution is 0.337. The summed E-state index contributed by atoms with van der Waals surface area (Å²) in [5, 5.41) is 0. The standard InChI is InChI=1S/C11H16O/c1-7(2)9-5-8(3)11(4)10(6-9)12-11/h9-10H,1,3,5-6H2,2,4H3/t9-,10?,11-/m1/s1. The molecule has 1 unspecified atom stereocenters. The minimum Gasteiger partial charge on any atom is -0.362 e. The van der Waals surface area contributed by atoms with Crippen molar-refractivity contribution in [1.29, 1.82) is 0 Å². The Kier molecular flexibility index (Phi) is 1.50. The molecule has 0 amide bonds. The highest BCUT2D eigenvalue weighted by Gasteiger charge is 2.57. The molecule has 2 rings (SSSR count). The first-order valence-corrected chi connectivity index (χ1v) is 4.55. The average molecular weight is 164 g/mol. The molecule has 0 N–H and O–H groups in total. The molecule has 0 bridgehead atoms. The van der Waals surface area contributed by atoms with Crippen molar-refractivity contribution in [3.8, 4) is 0 Å². The molecule has 1 saturated carbocycles. The van der Waals surface area contributed by atoms with Crippen LogP contribution in [0.25, 0.3) is 0 Å². The molecular formula is C11H16O. The van der Waals surface area contributed by atoms with Crippen LogP contribution in [-0.2, 0) is 4.74 Å². The normalized spacial score (nSPS) is 45.3. The van der Waals surface area contributed by atoms with Gasteiger partial charge in [0.1, 0.15) is 5.60 Å². The number of fused-ring (bicyclic) bond motifs is 1. The Morgan fingerprint density at radius 1 is 1.67 bits per heavy atom. The maximum absolute atomic E-state index is 5.62. The summed E-state index contributed by atoms with van der Waals surface area (Å²) in [6, 6.07) is 0. The summed E-state index contributed by atoms with van der Waals surface area (Å²) in [6.07, 6.45) is 2.65. The highest BCUT2D eigenvalue weighted by atomic mass is 16.6. The minimum absolute atomic E-state index is 0.0337. The van der Waals surface area contributed by atoms with Crippen LogP contribution in [-0.4, -0.2) is 11.7 Å². The molecule has 1 nitrogen and oxygen atoms in total. The van der Waals surface area contributed by atoms with Gasteiger partial charge < -0.3 is 4.74 Å². The molecule has 1 heteroatoms. The number of epoxide rings is 1. The van der Waals surface area contributed by atoms with Crippen molar-refractivity contribution >= 4 is 0 Å². The van der Waals surface area contributed by atoms with Gasteiger partial charge in [-0.25, -0.2) is 0 Å². The second-order valence-corrected chi connectivity index (χ2v) is 4.30. The summed E-state index contributed by atoms with van der Waals surface area (Å²) >= 11 is 0. The molecule has 12 heavy (non-hydrogen) atoms. The predicted molar refractivity (Wildman–Crippen MR) is 50.0 cm³/mol. The Morgan fingerprint density at radius 3 is 2.83 bits per heavy atom. The van der Waals surface area contributed by atoms with Gasteiger partial charge >= 0.3 is 0 Å². The summed E-state index contributed by atoms with van der Waals surface area (Å²) in [7, 11) is 0. The lowest BCUT2D eigenvalue weighted by atomic mass is 9.77. The van der Waals surface area contributed by atoms with E-state index in [2.05, 4.69) is 27.0 Å². The minimum atomic E-state index is 0.0337. The van der Waals surface area contributed by atoms with Gasteiger partial charge in [0, 0.05) is 0 Å². The van der Waals surface area contributed by atoms with Gasteiger partial charge in [-0.05, 0) is 38.2 Å². The van der Waals surface area contributed by atoms with Gasteiger partial charge in [0.05, 0.1) is 6.10 Å². The molecule has 2 fully saturated rings. The second-order valence-electron chi connectivity index (χ2n) is 4.30. The van der Waals surface area contributed by atoms with Gasteiger partial charge in [0.2, 0.25) is 0 Å². The quantitative estimate of drug-likeness (QED) is 0.429. The molecule has 2 aliphatic rings. The van der Waals surface area contributed by atoms with Gasteiger partial charge in [0.15, 0.2) is 0 Å². The lowest BCUT2D eigenvalue weighted by Crippen LogP contribution is -2.23. The summed E-state index contributed by atoms with van der Waals surface area (Å²) in [5.41, 5.74) is 2.56. The fraction of sp³-hybridized carbons (Fsp3) is 0.636. The fourth-order valence-electron chi connectivity index (χ4n) is 2.06. The Labute approximate surface area is 74.1 Å². The zero-order chi connectivity index (χ0) is 8.93. The molecule has 1 aliphatic carbocycles. The van der Waals surface area contributed by atoms with Crippen molar-refractivity contribution < 1.29 is 4.74 Å². The lowest BCUT2D eigenvalue weighted by Gasteiger charge is -2.24. The Morgan fingerprint density at radius 2 is 2.33 bits per heavy atom. The van der Waals surface area contributed by atoms with Crippen molar-refractivity contribution in [3.63, 3.8) is 0 Å². The van der Waals surface area contributed by atoms with Crippen LogP contribution in [0.3, 0.4) is 0 Å². The summed E-state index contributed by atoms with van der Waals surface area (Å²) < 4.78 is 5.62. The van der Waals surface area contributed by atoms with Gasteiger partial charge in [-0.2, -0.15) is 0 Å². The molecule has 3 atom stereocenters. The maximum atomic E-state index is 5.62. The summed E-state index contributed by atoms with van der Waals surface area (Å²) in [6.45, 7) is 12.3. The molecule has 0 aromatic carbocycles. The van der Waals surface area contributed by atoms with E-state index in [1.54, 1.807) is 0 Å². The average Bonchev–Trinajstić information content (AvgIpc) is 2.62. The Balaban J connectivity index is 2.12. The molecule has 0 aromatic rings. The molecule has 0 spiro atoms. The van der Waals surface area contributed by atoms with E-state index >= 15 is 0 Å². The van der Waals surface area contributed by atoms with Crippen LogP contribution in [0.1, 0.15) is 26.7 Å². The van der Waals surface area contributed by atoms with E-state index < -0.39 is 0 Å². The van der Waals surface area contributed by atoms with E-state index in [4.69, 9.17) is 4.74 Å². The number of hydrogen-bond donors (Lipinski definition) is 0. The summed E-state index contributed by atoms with van der Waals surface area (Å²) in [5.74, 6) is 0.609. The van der Waals surface area contributed by atoms with E-state index in [9.17, 15) is 0 Å². The number of rotatable bonds is 1. The van der Waals surface area contributed by atoms with Gasteiger partial charge in [-0.1, -0.05) is 18.7 Å². The van der Waals surface area contributed by atoms with E-state index in [1.807, 2.05) is 0 Å². The van der Waals surface area contributed by atoms with Crippen molar-refractivity contribution in [1.82, 2.24) is 0 Å². The third kappa shape index (κ3) is 0.962. The SMILES string of the molecule is C=C(C)[C@@H]1CC(=C)[C@@]2(C)OC2C1. The van der Waals surface area contributed by atoms with E-state index in [-0.39, 0.29) is 5.60 Å². The molecule has 1 aliphatic heterocycles. The highest BCUT2D eigenvalue weighted by Crippen LogP contribution is 2.52. The maximum Gasteiger partial charge on any atom is 0.113 e. The van der Waals surface area contributed by atoms with Gasteiger partial charge in [0.25, 0.3) is 0 Å². The fourth-order valence-corrected chi connectivity index (χ4v) is 2.06. The van der Waals surface area contributed by atoms with Crippen molar-refractivity contribution in [2.75, 3.05) is 0 Å². The number of allylic oxidation sites excluding steroid dienone is 1. The third-order valence-electron chi connectivity index (χ3n) is 3.33. The Bertz CT molecular complexity index is 254. The zero-order valence-electron chi connectivity index (χ0n) is 7.89. The van der Waals surface area contributed by atoms with E-state index in [0.717, 1.165) is 12.8 Å². The van der Waals surface area contributed by atoms with E-state index in [1.165, 1.54) is 11.1 Å². The predicted octanol–water partition coefficient (Wildman–Crippen LogP) is 2.69.